The number of aryl methyl sites for hydroxylation is 2. The molecule has 0 saturated heterocycles. The molecule has 0 bridgehead atoms. The van der Waals surface area contributed by atoms with Gasteiger partial charge in [-0.3, -0.25) is 14.6 Å². The van der Waals surface area contributed by atoms with Crippen LogP contribution in [0.25, 0.3) is 11.0 Å². The van der Waals surface area contributed by atoms with Crippen LogP contribution >= 0.6 is 0 Å². The van der Waals surface area contributed by atoms with Gasteiger partial charge in [0.15, 0.2) is 5.58 Å². The van der Waals surface area contributed by atoms with Gasteiger partial charge >= 0.3 is 0 Å². The largest absolute Gasteiger partial charge is 0.356 e. The molecule has 4 rings (SSSR count). The SMILES string of the molecule is C.Cc1cc2onc(C)c2cc1N(CC(=O)NCCCC(C)C)CC(=O)N(C)N1Cc2ccc(F)cc2C1. The number of amides is 2. The first-order chi connectivity index (χ1) is 17.6. The Balaban J connectivity index is 0.00000400. The Morgan fingerprint density at radius 2 is 1.87 bits per heavy atom. The van der Waals surface area contributed by atoms with Gasteiger partial charge in [-0.15, -0.1) is 0 Å². The van der Waals surface area contributed by atoms with Gasteiger partial charge in [-0.1, -0.05) is 32.5 Å². The minimum absolute atomic E-state index is 0. The van der Waals surface area contributed by atoms with E-state index in [1.165, 1.54) is 12.1 Å². The minimum atomic E-state index is -0.282. The van der Waals surface area contributed by atoms with Crippen molar-refractivity contribution in [3.8, 4) is 0 Å². The van der Waals surface area contributed by atoms with Crippen molar-refractivity contribution in [3.63, 3.8) is 0 Å². The highest BCUT2D eigenvalue weighted by molar-refractivity contribution is 5.90. The minimum Gasteiger partial charge on any atom is -0.356 e. The number of aromatic nitrogens is 1. The summed E-state index contributed by atoms with van der Waals surface area (Å²) < 4.78 is 19.1. The highest BCUT2D eigenvalue weighted by Gasteiger charge is 2.27. The van der Waals surface area contributed by atoms with E-state index < -0.39 is 0 Å². The van der Waals surface area contributed by atoms with E-state index in [2.05, 4.69) is 24.3 Å². The van der Waals surface area contributed by atoms with Crippen molar-refractivity contribution in [2.45, 2.75) is 61.1 Å². The van der Waals surface area contributed by atoms with Crippen molar-refractivity contribution in [2.24, 2.45) is 5.92 Å². The summed E-state index contributed by atoms with van der Waals surface area (Å²) in [5.74, 6) is -0.00162. The summed E-state index contributed by atoms with van der Waals surface area (Å²) in [5, 5.41) is 11.3. The second kappa shape index (κ2) is 12.4. The Hall–Kier alpha value is -3.46. The van der Waals surface area contributed by atoms with Crippen LogP contribution in [0, 0.1) is 25.6 Å². The molecule has 0 unspecified atom stereocenters. The predicted octanol–water partition coefficient (Wildman–Crippen LogP) is 4.97. The molecule has 3 aromatic rings. The van der Waals surface area contributed by atoms with Crippen molar-refractivity contribution in [2.75, 3.05) is 31.6 Å². The second-order valence-electron chi connectivity index (χ2n) is 10.3. The predicted molar refractivity (Wildman–Crippen MR) is 148 cm³/mol. The molecule has 0 aliphatic carbocycles. The lowest BCUT2D eigenvalue weighted by Gasteiger charge is -2.32. The first-order valence-electron chi connectivity index (χ1n) is 12.8. The smallest absolute Gasteiger partial charge is 0.256 e. The van der Waals surface area contributed by atoms with E-state index in [-0.39, 0.29) is 38.1 Å². The van der Waals surface area contributed by atoms with E-state index >= 15 is 0 Å². The van der Waals surface area contributed by atoms with Crippen LogP contribution < -0.4 is 10.2 Å². The van der Waals surface area contributed by atoms with Gasteiger partial charge in [0, 0.05) is 37.8 Å². The number of nitrogens with one attached hydrogen (secondary N) is 1. The number of carbonyl (C=O) groups excluding carboxylic acids is 2. The van der Waals surface area contributed by atoms with Crippen LogP contribution in [0.5, 0.6) is 0 Å². The number of hydrogen-bond donors (Lipinski definition) is 1. The third-order valence-corrected chi connectivity index (χ3v) is 6.91. The summed E-state index contributed by atoms with van der Waals surface area (Å²) in [6, 6.07) is 8.54. The quantitative estimate of drug-likeness (QED) is 0.377. The van der Waals surface area contributed by atoms with Gasteiger partial charge in [-0.2, -0.15) is 0 Å². The number of fused-ring (bicyclic) bond motifs is 2. The molecule has 0 saturated carbocycles. The molecular weight excluding hydrogens is 485 g/mol. The van der Waals surface area contributed by atoms with Crippen LogP contribution in [0.2, 0.25) is 0 Å². The highest BCUT2D eigenvalue weighted by atomic mass is 19.1. The fourth-order valence-electron chi connectivity index (χ4n) is 4.71. The number of halogens is 1. The highest BCUT2D eigenvalue weighted by Crippen LogP contribution is 2.29. The Morgan fingerprint density at radius 1 is 1.13 bits per heavy atom. The molecule has 0 atom stereocenters. The third-order valence-electron chi connectivity index (χ3n) is 6.91. The van der Waals surface area contributed by atoms with Crippen molar-refractivity contribution >= 4 is 28.5 Å². The molecule has 1 N–H and O–H groups in total. The third kappa shape index (κ3) is 6.69. The maximum Gasteiger partial charge on any atom is 0.256 e. The molecule has 2 aromatic carbocycles. The maximum atomic E-state index is 13.7. The Labute approximate surface area is 224 Å². The van der Waals surface area contributed by atoms with Crippen LogP contribution in [-0.2, 0) is 22.7 Å². The van der Waals surface area contributed by atoms with Crippen LogP contribution in [-0.4, -0.2) is 53.7 Å². The molecule has 38 heavy (non-hydrogen) atoms. The fourth-order valence-corrected chi connectivity index (χ4v) is 4.71. The summed E-state index contributed by atoms with van der Waals surface area (Å²) in [4.78, 5) is 28.1. The Morgan fingerprint density at radius 3 is 2.61 bits per heavy atom. The number of anilines is 1. The zero-order chi connectivity index (χ0) is 26.7. The summed E-state index contributed by atoms with van der Waals surface area (Å²) in [6.45, 7) is 9.75. The van der Waals surface area contributed by atoms with Crippen molar-refractivity contribution in [1.29, 1.82) is 0 Å². The van der Waals surface area contributed by atoms with Crippen LogP contribution in [0.1, 0.15) is 56.5 Å². The first-order valence-corrected chi connectivity index (χ1v) is 12.8. The monoisotopic (exact) mass is 525 g/mol. The number of likely N-dealkylation sites (N-methyl/N-ethyl adjacent to an activating group) is 1. The topological polar surface area (TPSA) is 81.9 Å². The molecule has 2 amide bonds. The number of rotatable bonds is 10. The Kier molecular flexibility index (Phi) is 9.49. The lowest BCUT2D eigenvalue weighted by atomic mass is 10.1. The Bertz CT molecular complexity index is 1290. The number of nitrogens with zero attached hydrogens (tertiary/aromatic N) is 4. The average molecular weight is 526 g/mol. The molecule has 1 aromatic heterocycles. The number of hydrogen-bond acceptors (Lipinski definition) is 6. The van der Waals surface area contributed by atoms with Gasteiger partial charge in [-0.25, -0.2) is 9.40 Å². The van der Waals surface area contributed by atoms with E-state index in [9.17, 15) is 14.0 Å². The van der Waals surface area contributed by atoms with E-state index in [1.807, 2.05) is 31.0 Å². The van der Waals surface area contributed by atoms with Gasteiger partial charge in [0.25, 0.3) is 5.91 Å². The molecule has 8 nitrogen and oxygen atoms in total. The molecule has 0 spiro atoms. The zero-order valence-corrected chi connectivity index (χ0v) is 22.3. The summed E-state index contributed by atoms with van der Waals surface area (Å²) in [7, 11) is 1.72. The van der Waals surface area contributed by atoms with Gasteiger partial charge in [-0.05, 0) is 73.6 Å². The summed E-state index contributed by atoms with van der Waals surface area (Å²) in [6.07, 6.45) is 1.95. The van der Waals surface area contributed by atoms with Gasteiger partial charge in [0.1, 0.15) is 5.82 Å². The van der Waals surface area contributed by atoms with Crippen LogP contribution in [0.4, 0.5) is 10.1 Å². The maximum absolute atomic E-state index is 13.7. The van der Waals surface area contributed by atoms with Gasteiger partial charge in [0.2, 0.25) is 5.91 Å². The van der Waals surface area contributed by atoms with Crippen molar-refractivity contribution < 1.29 is 18.5 Å². The molecule has 1 aliphatic heterocycles. The first kappa shape index (κ1) is 29.1. The number of carbonyl (C=O) groups is 2. The molecular formula is C29H40FN5O3. The van der Waals surface area contributed by atoms with E-state index in [4.69, 9.17) is 4.52 Å². The number of hydrazine groups is 1. The summed E-state index contributed by atoms with van der Waals surface area (Å²) in [5.41, 5.74) is 4.96. The molecule has 2 heterocycles. The molecule has 0 fully saturated rings. The van der Waals surface area contributed by atoms with Gasteiger partial charge in [0.05, 0.1) is 18.8 Å². The van der Waals surface area contributed by atoms with E-state index in [0.717, 1.165) is 46.3 Å². The molecule has 0 radical (unpaired) electrons. The standard InChI is InChI=1S/C28H36FN5O3.CH4/c1-18(2)7-6-10-30-27(35)16-33(25-13-24-20(4)31-37-26(24)11-19(25)3)17-28(36)32(5)34-14-21-8-9-23(29)12-22(21)15-34;/h8-9,11-13,18H,6-7,10,14-17H2,1-5H3,(H,30,35);1H4. The fraction of sp³-hybridized carbons (Fsp3) is 0.483. The average Bonchev–Trinajstić information content (AvgIpc) is 3.43. The second-order valence-corrected chi connectivity index (χ2v) is 10.3. The summed E-state index contributed by atoms with van der Waals surface area (Å²) >= 11 is 0. The molecule has 206 valence electrons. The van der Waals surface area contributed by atoms with E-state index in [1.54, 1.807) is 23.0 Å². The van der Waals surface area contributed by atoms with Crippen molar-refractivity contribution in [1.82, 2.24) is 20.5 Å². The molecule has 9 heteroatoms. The lowest BCUT2D eigenvalue weighted by Crippen LogP contribution is -2.48. The number of benzene rings is 2. The molecule has 1 aliphatic rings. The zero-order valence-electron chi connectivity index (χ0n) is 22.3. The lowest BCUT2D eigenvalue weighted by molar-refractivity contribution is -0.145. The van der Waals surface area contributed by atoms with Gasteiger partial charge < -0.3 is 14.7 Å². The van der Waals surface area contributed by atoms with E-state index in [0.29, 0.717) is 31.1 Å². The van der Waals surface area contributed by atoms with Crippen LogP contribution in [0.3, 0.4) is 0 Å². The van der Waals surface area contributed by atoms with Crippen molar-refractivity contribution in [3.05, 3.63) is 58.5 Å². The van der Waals surface area contributed by atoms with Crippen LogP contribution in [0.15, 0.2) is 34.9 Å². The normalized spacial score (nSPS) is 12.9.